The van der Waals surface area contributed by atoms with Gasteiger partial charge >= 0.3 is 0 Å². The van der Waals surface area contributed by atoms with Crippen molar-refractivity contribution in [3.8, 4) is 16.9 Å². The van der Waals surface area contributed by atoms with Crippen LogP contribution in [0.5, 0.6) is 0 Å². The summed E-state index contributed by atoms with van der Waals surface area (Å²) < 4.78 is 3.60. The van der Waals surface area contributed by atoms with E-state index in [4.69, 9.17) is 0 Å². The molecule has 0 bridgehead atoms. The van der Waals surface area contributed by atoms with Crippen molar-refractivity contribution in [1.29, 1.82) is 0 Å². The van der Waals surface area contributed by atoms with Crippen LogP contribution >= 0.6 is 0 Å². The Morgan fingerprint density at radius 1 is 1.23 bits per heavy atom. The summed E-state index contributed by atoms with van der Waals surface area (Å²) in [6.45, 7) is 0. The van der Waals surface area contributed by atoms with Crippen LogP contribution in [0.3, 0.4) is 0 Å². The molecule has 134 valence electrons. The monoisotopic (exact) mass is 350 g/mol. The third kappa shape index (κ3) is 3.51. The van der Waals surface area contributed by atoms with Gasteiger partial charge in [-0.05, 0) is 25.0 Å². The average Bonchev–Trinajstić information content (AvgIpc) is 3.34. The molecule has 0 radical (unpaired) electrons. The fourth-order valence-corrected chi connectivity index (χ4v) is 3.40. The molecule has 0 spiro atoms. The molecule has 3 heterocycles. The molecule has 7 heteroatoms. The van der Waals surface area contributed by atoms with Crippen LogP contribution in [0, 0.1) is 0 Å². The highest BCUT2D eigenvalue weighted by Gasteiger charge is 2.19. The van der Waals surface area contributed by atoms with Crippen molar-refractivity contribution in [3.63, 3.8) is 0 Å². The summed E-state index contributed by atoms with van der Waals surface area (Å²) in [5.41, 5.74) is 2.87. The molecule has 1 amide bonds. The minimum absolute atomic E-state index is 0.121. The molecule has 1 fully saturated rings. The van der Waals surface area contributed by atoms with E-state index in [-0.39, 0.29) is 11.9 Å². The fraction of sp³-hybridized carbons (Fsp3) is 0.368. The van der Waals surface area contributed by atoms with Crippen molar-refractivity contribution in [1.82, 2.24) is 29.6 Å². The Balaban J connectivity index is 1.68. The van der Waals surface area contributed by atoms with E-state index in [9.17, 15) is 4.79 Å². The number of nitrogens with zero attached hydrogens (tertiary/aromatic N) is 5. The van der Waals surface area contributed by atoms with Gasteiger partial charge in [0.2, 0.25) is 0 Å². The molecule has 0 aromatic carbocycles. The predicted octanol–water partition coefficient (Wildman–Crippen LogP) is 2.73. The molecule has 1 aliphatic carbocycles. The van der Waals surface area contributed by atoms with Crippen LogP contribution in [-0.2, 0) is 7.05 Å². The number of carbonyl (C=O) groups is 1. The maximum Gasteiger partial charge on any atom is 0.270 e. The number of rotatable bonds is 4. The molecule has 3 aromatic heterocycles. The second-order valence-electron chi connectivity index (χ2n) is 6.78. The van der Waals surface area contributed by atoms with Gasteiger partial charge in [-0.3, -0.25) is 9.48 Å². The summed E-state index contributed by atoms with van der Waals surface area (Å²) in [7, 11) is 1.86. The summed E-state index contributed by atoms with van der Waals surface area (Å²) in [5, 5.41) is 7.35. The second kappa shape index (κ2) is 7.11. The topological polar surface area (TPSA) is 77.6 Å². The first kappa shape index (κ1) is 16.5. The smallest absolute Gasteiger partial charge is 0.270 e. The van der Waals surface area contributed by atoms with E-state index in [2.05, 4.69) is 20.4 Å². The molecule has 0 unspecified atom stereocenters. The van der Waals surface area contributed by atoms with Gasteiger partial charge in [0.15, 0.2) is 0 Å². The van der Waals surface area contributed by atoms with Crippen molar-refractivity contribution in [2.45, 2.75) is 38.1 Å². The molecule has 7 nitrogen and oxygen atoms in total. The van der Waals surface area contributed by atoms with E-state index in [0.717, 1.165) is 29.8 Å². The zero-order chi connectivity index (χ0) is 17.9. The van der Waals surface area contributed by atoms with Gasteiger partial charge in [0.05, 0.1) is 23.9 Å². The molecule has 0 aliphatic heterocycles. The van der Waals surface area contributed by atoms with Crippen molar-refractivity contribution < 1.29 is 4.79 Å². The summed E-state index contributed by atoms with van der Waals surface area (Å²) in [5.74, 6) is -0.121. The quantitative estimate of drug-likeness (QED) is 0.785. The van der Waals surface area contributed by atoms with Gasteiger partial charge in [-0.2, -0.15) is 5.10 Å². The largest absolute Gasteiger partial charge is 0.348 e. The highest BCUT2D eigenvalue weighted by molar-refractivity contribution is 5.93. The second-order valence-corrected chi connectivity index (χ2v) is 6.78. The normalized spacial score (nSPS) is 15.1. The van der Waals surface area contributed by atoms with E-state index < -0.39 is 0 Å². The van der Waals surface area contributed by atoms with E-state index in [1.807, 2.05) is 30.1 Å². The van der Waals surface area contributed by atoms with Crippen molar-refractivity contribution in [2.24, 2.45) is 7.05 Å². The Hall–Kier alpha value is -2.96. The van der Waals surface area contributed by atoms with Gasteiger partial charge < -0.3 is 9.88 Å². The van der Waals surface area contributed by atoms with Gasteiger partial charge in [-0.25, -0.2) is 9.97 Å². The maximum atomic E-state index is 12.8. The molecule has 3 aromatic rings. The number of nitrogens with one attached hydrogen (secondary N) is 1. The average molecular weight is 350 g/mol. The lowest BCUT2D eigenvalue weighted by Crippen LogP contribution is -2.36. The van der Waals surface area contributed by atoms with Crippen LogP contribution in [-0.4, -0.2) is 36.3 Å². The third-order valence-electron chi connectivity index (χ3n) is 4.79. The Bertz CT molecular complexity index is 893. The van der Waals surface area contributed by atoms with Gasteiger partial charge in [-0.1, -0.05) is 19.3 Å². The van der Waals surface area contributed by atoms with Crippen LogP contribution in [0.15, 0.2) is 43.2 Å². The summed E-state index contributed by atoms with van der Waals surface area (Å²) in [4.78, 5) is 21.5. The number of pyridine rings is 1. The van der Waals surface area contributed by atoms with Crippen LogP contribution in [0.2, 0.25) is 0 Å². The Morgan fingerprint density at radius 2 is 2.08 bits per heavy atom. The molecule has 0 atom stereocenters. The fourth-order valence-electron chi connectivity index (χ4n) is 3.40. The standard InChI is InChI=1S/C19H22N6O/c1-24-12-14(11-21-24)17-9-16(25-8-7-20-13-25)10-18(23-17)19(26)22-15-5-3-2-4-6-15/h7-13,15H,2-6H2,1H3,(H,22,26). The number of aryl methyl sites for hydroxylation is 1. The molecule has 26 heavy (non-hydrogen) atoms. The maximum absolute atomic E-state index is 12.8. The molecule has 1 saturated carbocycles. The number of amides is 1. The van der Waals surface area contributed by atoms with Crippen molar-refractivity contribution in [3.05, 3.63) is 48.9 Å². The first-order valence-corrected chi connectivity index (χ1v) is 8.99. The Labute approximate surface area is 152 Å². The lowest BCUT2D eigenvalue weighted by molar-refractivity contribution is 0.0922. The van der Waals surface area contributed by atoms with Crippen LogP contribution in [0.4, 0.5) is 0 Å². The molecular formula is C19H22N6O. The van der Waals surface area contributed by atoms with E-state index >= 15 is 0 Å². The van der Waals surface area contributed by atoms with E-state index in [0.29, 0.717) is 5.69 Å². The zero-order valence-electron chi connectivity index (χ0n) is 14.8. The highest BCUT2D eigenvalue weighted by Crippen LogP contribution is 2.22. The van der Waals surface area contributed by atoms with Gasteiger partial charge in [0.1, 0.15) is 5.69 Å². The Kier molecular flexibility index (Phi) is 4.51. The van der Waals surface area contributed by atoms with Gasteiger partial charge in [-0.15, -0.1) is 0 Å². The summed E-state index contributed by atoms with van der Waals surface area (Å²) in [6, 6.07) is 3.99. The molecule has 4 rings (SSSR count). The van der Waals surface area contributed by atoms with E-state index in [1.165, 1.54) is 19.3 Å². The zero-order valence-corrected chi connectivity index (χ0v) is 14.8. The number of carbonyl (C=O) groups excluding carboxylic acids is 1. The van der Waals surface area contributed by atoms with E-state index in [1.54, 1.807) is 29.5 Å². The van der Waals surface area contributed by atoms with Gasteiger partial charge in [0, 0.05) is 37.2 Å². The molecule has 0 saturated heterocycles. The number of hydrogen-bond acceptors (Lipinski definition) is 4. The van der Waals surface area contributed by atoms with Crippen molar-refractivity contribution >= 4 is 5.91 Å². The third-order valence-corrected chi connectivity index (χ3v) is 4.79. The van der Waals surface area contributed by atoms with Crippen LogP contribution in [0.25, 0.3) is 16.9 Å². The highest BCUT2D eigenvalue weighted by atomic mass is 16.1. The number of imidazole rings is 1. The lowest BCUT2D eigenvalue weighted by atomic mass is 9.95. The van der Waals surface area contributed by atoms with Crippen LogP contribution in [0.1, 0.15) is 42.6 Å². The van der Waals surface area contributed by atoms with Crippen molar-refractivity contribution in [2.75, 3.05) is 0 Å². The molecule has 1 N–H and O–H groups in total. The summed E-state index contributed by atoms with van der Waals surface area (Å²) in [6.07, 6.45) is 14.6. The predicted molar refractivity (Wildman–Crippen MR) is 97.9 cm³/mol. The minimum atomic E-state index is -0.121. The lowest BCUT2D eigenvalue weighted by Gasteiger charge is -2.22. The SMILES string of the molecule is Cn1cc(-c2cc(-n3ccnc3)cc(C(=O)NC3CCCCC3)n2)cn1. The number of hydrogen-bond donors (Lipinski definition) is 1. The molecular weight excluding hydrogens is 328 g/mol. The Morgan fingerprint density at radius 3 is 2.77 bits per heavy atom. The van der Waals surface area contributed by atoms with Gasteiger partial charge in [0.25, 0.3) is 5.91 Å². The first-order chi connectivity index (χ1) is 12.7. The number of aromatic nitrogens is 5. The first-order valence-electron chi connectivity index (χ1n) is 8.99. The minimum Gasteiger partial charge on any atom is -0.348 e. The summed E-state index contributed by atoms with van der Waals surface area (Å²) >= 11 is 0. The molecule has 1 aliphatic rings. The van der Waals surface area contributed by atoms with Crippen LogP contribution < -0.4 is 5.32 Å².